The lowest BCUT2D eigenvalue weighted by Crippen LogP contribution is -2.45. The first kappa shape index (κ1) is 23.1. The maximum absolute atomic E-state index is 13.1. The molecular weight excluding hydrogens is 374 g/mol. The van der Waals surface area contributed by atoms with E-state index in [0.29, 0.717) is 6.04 Å². The molecule has 3 rings (SSSR count). The van der Waals surface area contributed by atoms with Crippen molar-refractivity contribution in [3.05, 3.63) is 23.9 Å². The molecule has 1 aliphatic carbocycles. The Balaban J connectivity index is 1.79. The summed E-state index contributed by atoms with van der Waals surface area (Å²) in [5.41, 5.74) is 0.772. The highest BCUT2D eigenvalue weighted by Crippen LogP contribution is 2.33. The number of anilines is 1. The van der Waals surface area contributed by atoms with Crippen molar-refractivity contribution >= 4 is 11.9 Å². The van der Waals surface area contributed by atoms with Crippen molar-refractivity contribution in [2.24, 2.45) is 0 Å². The molecule has 2 fully saturated rings. The van der Waals surface area contributed by atoms with E-state index in [1.165, 1.54) is 50.6 Å². The molecule has 1 amide bonds. The molecular formula is C25H41N3O2. The molecule has 2 aliphatic rings. The zero-order valence-corrected chi connectivity index (χ0v) is 19.5. The van der Waals surface area contributed by atoms with E-state index in [1.54, 1.807) is 0 Å². The summed E-state index contributed by atoms with van der Waals surface area (Å²) in [6.45, 7) is 10.4. The molecule has 5 heteroatoms. The summed E-state index contributed by atoms with van der Waals surface area (Å²) in [6.07, 6.45) is 13.6. The summed E-state index contributed by atoms with van der Waals surface area (Å²) >= 11 is 0. The lowest BCUT2D eigenvalue weighted by Gasteiger charge is -2.37. The molecule has 1 aromatic heterocycles. The SMILES string of the molecule is CCCCN1CCCC[C@H]1c1ccc(N(C(=O)OC(C)(C)C)C2CCCCC2)nc1. The standard InChI is InChI=1S/C25H41N3O2/c1-5-6-17-27-18-11-10-14-22(27)20-15-16-23(26-19-20)28(21-12-8-7-9-13-21)24(29)30-25(2,3)4/h15-16,19,21-22H,5-14,17-18H2,1-4H3/t22-/m0/s1. The molecule has 2 heterocycles. The third kappa shape index (κ3) is 6.19. The predicted molar refractivity (Wildman–Crippen MR) is 123 cm³/mol. The number of hydrogen-bond donors (Lipinski definition) is 0. The molecule has 0 radical (unpaired) electrons. The van der Waals surface area contributed by atoms with Crippen LogP contribution in [-0.4, -0.2) is 40.7 Å². The van der Waals surface area contributed by atoms with Gasteiger partial charge in [0.15, 0.2) is 0 Å². The largest absolute Gasteiger partial charge is 0.443 e. The van der Waals surface area contributed by atoms with Crippen LogP contribution in [0.25, 0.3) is 0 Å². The number of unbranched alkanes of at least 4 members (excludes halogenated alkanes) is 1. The number of aromatic nitrogens is 1. The first-order valence-electron chi connectivity index (χ1n) is 12.1. The highest BCUT2D eigenvalue weighted by molar-refractivity contribution is 5.87. The third-order valence-electron chi connectivity index (χ3n) is 6.34. The van der Waals surface area contributed by atoms with Crippen molar-refractivity contribution < 1.29 is 9.53 Å². The maximum Gasteiger partial charge on any atom is 0.416 e. The quantitative estimate of drug-likeness (QED) is 0.533. The molecule has 1 atom stereocenters. The van der Waals surface area contributed by atoms with Crippen molar-refractivity contribution in [3.63, 3.8) is 0 Å². The Labute approximate surface area is 183 Å². The monoisotopic (exact) mass is 415 g/mol. The van der Waals surface area contributed by atoms with Gasteiger partial charge in [-0.2, -0.15) is 0 Å². The Morgan fingerprint density at radius 3 is 2.50 bits per heavy atom. The Morgan fingerprint density at radius 2 is 1.87 bits per heavy atom. The fourth-order valence-corrected chi connectivity index (χ4v) is 4.81. The Kier molecular flexibility index (Phi) is 8.15. The van der Waals surface area contributed by atoms with E-state index < -0.39 is 5.60 Å². The second-order valence-corrected chi connectivity index (χ2v) is 9.99. The fourth-order valence-electron chi connectivity index (χ4n) is 4.81. The third-order valence-corrected chi connectivity index (χ3v) is 6.34. The smallest absolute Gasteiger partial charge is 0.416 e. The molecule has 0 unspecified atom stereocenters. The van der Waals surface area contributed by atoms with Crippen LogP contribution in [-0.2, 0) is 4.74 Å². The molecule has 1 aromatic rings. The molecule has 0 aromatic carbocycles. The van der Waals surface area contributed by atoms with Gasteiger partial charge in [0.2, 0.25) is 0 Å². The van der Waals surface area contributed by atoms with Gasteiger partial charge in [-0.15, -0.1) is 0 Å². The number of nitrogens with zero attached hydrogens (tertiary/aromatic N) is 3. The van der Waals surface area contributed by atoms with E-state index in [9.17, 15) is 4.79 Å². The molecule has 0 spiro atoms. The van der Waals surface area contributed by atoms with Crippen LogP contribution in [0.3, 0.4) is 0 Å². The molecule has 1 saturated carbocycles. The summed E-state index contributed by atoms with van der Waals surface area (Å²) in [4.78, 5) is 22.3. The summed E-state index contributed by atoms with van der Waals surface area (Å²) in [5.74, 6) is 0.732. The molecule has 30 heavy (non-hydrogen) atoms. The molecule has 1 aliphatic heterocycles. The van der Waals surface area contributed by atoms with Gasteiger partial charge in [0.1, 0.15) is 11.4 Å². The van der Waals surface area contributed by atoms with Crippen molar-refractivity contribution in [1.82, 2.24) is 9.88 Å². The van der Waals surface area contributed by atoms with Crippen molar-refractivity contribution in [2.45, 2.75) is 110 Å². The second kappa shape index (κ2) is 10.6. The zero-order chi connectivity index (χ0) is 21.6. The first-order chi connectivity index (χ1) is 14.4. The Bertz CT molecular complexity index is 662. The normalized spacial score (nSPS) is 21.4. The average Bonchev–Trinajstić information content (AvgIpc) is 2.73. The van der Waals surface area contributed by atoms with Gasteiger partial charge in [0.05, 0.1) is 0 Å². The molecule has 0 bridgehead atoms. The van der Waals surface area contributed by atoms with E-state index in [0.717, 1.165) is 38.0 Å². The van der Waals surface area contributed by atoms with Crippen molar-refractivity contribution in [2.75, 3.05) is 18.0 Å². The number of pyridine rings is 1. The topological polar surface area (TPSA) is 45.7 Å². The number of carbonyl (C=O) groups is 1. The van der Waals surface area contributed by atoms with Gasteiger partial charge in [0, 0.05) is 18.3 Å². The molecule has 1 saturated heterocycles. The first-order valence-corrected chi connectivity index (χ1v) is 12.1. The van der Waals surface area contributed by atoms with Crippen LogP contribution in [0.2, 0.25) is 0 Å². The summed E-state index contributed by atoms with van der Waals surface area (Å²) in [6, 6.07) is 4.87. The minimum Gasteiger partial charge on any atom is -0.443 e. The lowest BCUT2D eigenvalue weighted by molar-refractivity contribution is 0.0556. The Morgan fingerprint density at radius 1 is 1.13 bits per heavy atom. The van der Waals surface area contributed by atoms with Crippen LogP contribution in [0.4, 0.5) is 10.6 Å². The van der Waals surface area contributed by atoms with Gasteiger partial charge < -0.3 is 4.74 Å². The minimum absolute atomic E-state index is 0.183. The Hall–Kier alpha value is -1.62. The van der Waals surface area contributed by atoms with Crippen LogP contribution >= 0.6 is 0 Å². The molecule has 0 N–H and O–H groups in total. The second-order valence-electron chi connectivity index (χ2n) is 9.99. The van der Waals surface area contributed by atoms with Crippen LogP contribution < -0.4 is 4.90 Å². The van der Waals surface area contributed by atoms with Crippen LogP contribution in [0.15, 0.2) is 18.3 Å². The van der Waals surface area contributed by atoms with Gasteiger partial charge in [-0.25, -0.2) is 9.78 Å². The number of ether oxygens (including phenoxy) is 1. The summed E-state index contributed by atoms with van der Waals surface area (Å²) < 4.78 is 5.75. The summed E-state index contributed by atoms with van der Waals surface area (Å²) in [5, 5.41) is 0. The van der Waals surface area contributed by atoms with Gasteiger partial charge in [-0.1, -0.05) is 45.1 Å². The maximum atomic E-state index is 13.1. The van der Waals surface area contributed by atoms with Gasteiger partial charge >= 0.3 is 6.09 Å². The van der Waals surface area contributed by atoms with E-state index in [2.05, 4.69) is 17.9 Å². The highest BCUT2D eigenvalue weighted by atomic mass is 16.6. The number of piperidine rings is 1. The zero-order valence-electron chi connectivity index (χ0n) is 19.5. The number of carbonyl (C=O) groups excluding carboxylic acids is 1. The highest BCUT2D eigenvalue weighted by Gasteiger charge is 2.32. The van der Waals surface area contributed by atoms with Gasteiger partial charge in [-0.3, -0.25) is 9.80 Å². The van der Waals surface area contributed by atoms with Crippen LogP contribution in [0.5, 0.6) is 0 Å². The number of likely N-dealkylation sites (tertiary alicyclic amines) is 1. The number of amides is 1. The molecule has 5 nitrogen and oxygen atoms in total. The van der Waals surface area contributed by atoms with Crippen LogP contribution in [0.1, 0.15) is 104 Å². The van der Waals surface area contributed by atoms with E-state index in [1.807, 2.05) is 37.9 Å². The van der Waals surface area contributed by atoms with Gasteiger partial charge in [-0.05, 0) is 77.6 Å². The number of hydrogen-bond acceptors (Lipinski definition) is 4. The van der Waals surface area contributed by atoms with Gasteiger partial charge in [0.25, 0.3) is 0 Å². The van der Waals surface area contributed by atoms with E-state index >= 15 is 0 Å². The van der Waals surface area contributed by atoms with Crippen molar-refractivity contribution in [1.29, 1.82) is 0 Å². The summed E-state index contributed by atoms with van der Waals surface area (Å²) in [7, 11) is 0. The fraction of sp³-hybridized carbons (Fsp3) is 0.760. The molecule has 168 valence electrons. The number of rotatable bonds is 6. The predicted octanol–water partition coefficient (Wildman–Crippen LogP) is 6.48. The van der Waals surface area contributed by atoms with E-state index in [4.69, 9.17) is 9.72 Å². The minimum atomic E-state index is -0.508. The average molecular weight is 416 g/mol. The van der Waals surface area contributed by atoms with Crippen molar-refractivity contribution in [3.8, 4) is 0 Å². The lowest BCUT2D eigenvalue weighted by atomic mass is 9.94. The van der Waals surface area contributed by atoms with Crippen LogP contribution in [0, 0.1) is 0 Å². The van der Waals surface area contributed by atoms with E-state index in [-0.39, 0.29) is 12.1 Å².